The molecule has 0 fully saturated rings. The van der Waals surface area contributed by atoms with Gasteiger partial charge in [-0.05, 0) is 18.2 Å². The molecular weight excluding hydrogens is 208 g/mol. The summed E-state index contributed by atoms with van der Waals surface area (Å²) >= 11 is 4.49. The summed E-state index contributed by atoms with van der Waals surface area (Å²) in [5.41, 5.74) is 0. The molecule has 0 atom stereocenters. The molecule has 0 aromatic heterocycles. The van der Waals surface area contributed by atoms with Gasteiger partial charge in [0.15, 0.2) is 0 Å². The Morgan fingerprint density at radius 1 is 1.46 bits per heavy atom. The Hall–Kier alpha value is -0.260. The highest BCUT2D eigenvalue weighted by atomic mass is 32.2. The molecule has 0 unspecified atom stereocenters. The lowest BCUT2D eigenvalue weighted by Gasteiger charge is -2.00. The van der Waals surface area contributed by atoms with E-state index in [1.165, 1.54) is 5.37 Å². The Morgan fingerprint density at radius 3 is 2.38 bits per heavy atom. The summed E-state index contributed by atoms with van der Waals surface area (Å²) in [4.78, 5) is 0. The molecule has 0 saturated carbocycles. The number of hydrogen-bond acceptors (Lipinski definition) is 4. The summed E-state index contributed by atoms with van der Waals surface area (Å²) in [6, 6.07) is 0. The van der Waals surface area contributed by atoms with Gasteiger partial charge in [-0.25, -0.2) is 0 Å². The molecule has 0 aliphatic rings. The van der Waals surface area contributed by atoms with Crippen LogP contribution in [0.2, 0.25) is 0 Å². The fourth-order valence-electron chi connectivity index (χ4n) is 0.462. The third-order valence-electron chi connectivity index (χ3n) is 0.953. The van der Waals surface area contributed by atoms with Crippen LogP contribution in [-0.2, 0) is 14.3 Å². The van der Waals surface area contributed by atoms with Crippen LogP contribution in [-0.4, -0.2) is 26.1 Å². The molecule has 0 aromatic rings. The van der Waals surface area contributed by atoms with Gasteiger partial charge in [0.1, 0.15) is 0 Å². The first-order chi connectivity index (χ1) is 6.12. The van der Waals surface area contributed by atoms with Crippen LogP contribution >= 0.6 is 12.2 Å². The van der Waals surface area contributed by atoms with Crippen LogP contribution < -0.4 is 0 Å². The van der Waals surface area contributed by atoms with Crippen LogP contribution in [0.15, 0.2) is 13.2 Å². The van der Waals surface area contributed by atoms with Crippen LogP contribution in [0, 0.1) is 0 Å². The molecular formula is C8H16O3S2. The first-order valence-electron chi connectivity index (χ1n) is 3.93. The molecule has 78 valence electrons. The molecule has 0 N–H and O–H groups in total. The van der Waals surface area contributed by atoms with Gasteiger partial charge < -0.3 is 0 Å². The van der Waals surface area contributed by atoms with E-state index in [4.69, 9.17) is 0 Å². The van der Waals surface area contributed by atoms with Crippen molar-refractivity contribution in [1.29, 1.82) is 0 Å². The van der Waals surface area contributed by atoms with Gasteiger partial charge in [0, 0.05) is 0 Å². The van der Waals surface area contributed by atoms with Gasteiger partial charge in [0.05, 0.1) is 12.4 Å². The largest absolute Gasteiger partial charge is 0.270 e. The molecule has 0 rings (SSSR count). The third-order valence-corrected chi connectivity index (χ3v) is 2.45. The summed E-state index contributed by atoms with van der Waals surface area (Å²) in [7, 11) is -3.30. The fourth-order valence-corrected chi connectivity index (χ4v) is 1.67. The average Bonchev–Trinajstić information content (AvgIpc) is 2.15. The maximum absolute atomic E-state index is 10.9. The van der Waals surface area contributed by atoms with Crippen molar-refractivity contribution in [2.45, 2.75) is 19.8 Å². The van der Waals surface area contributed by atoms with Gasteiger partial charge in [-0.3, -0.25) is 4.18 Å². The molecule has 0 saturated heterocycles. The van der Waals surface area contributed by atoms with Gasteiger partial charge >= 0.3 is 0 Å². The van der Waals surface area contributed by atoms with Crippen molar-refractivity contribution in [3.05, 3.63) is 13.2 Å². The lowest BCUT2D eigenvalue weighted by atomic mass is 10.5. The van der Waals surface area contributed by atoms with Gasteiger partial charge in [0.25, 0.3) is 10.1 Å². The summed E-state index contributed by atoms with van der Waals surface area (Å²) < 4.78 is 26.3. The minimum absolute atomic E-state index is 0.00347. The van der Waals surface area contributed by atoms with Crippen molar-refractivity contribution in [2.24, 2.45) is 0 Å². The van der Waals surface area contributed by atoms with Crippen molar-refractivity contribution >= 4 is 27.7 Å². The highest BCUT2D eigenvalue weighted by molar-refractivity contribution is 7.86. The molecule has 0 spiro atoms. The molecule has 0 radical (unpaired) electrons. The predicted molar refractivity (Wildman–Crippen MR) is 59.6 cm³/mol. The summed E-state index contributed by atoms with van der Waals surface area (Å²) in [5, 5.41) is 1.40. The zero-order valence-corrected chi connectivity index (χ0v) is 9.49. The monoisotopic (exact) mass is 224 g/mol. The van der Waals surface area contributed by atoms with E-state index in [0.717, 1.165) is 0 Å². The predicted octanol–water partition coefficient (Wildman–Crippen LogP) is 1.93. The summed E-state index contributed by atoms with van der Waals surface area (Å²) in [6.07, 6.45) is 1.08. The summed E-state index contributed by atoms with van der Waals surface area (Å²) in [5.74, 6) is -0.00347. The first-order valence-corrected chi connectivity index (χ1v) is 5.98. The van der Waals surface area contributed by atoms with E-state index in [1.54, 1.807) is 0 Å². The van der Waals surface area contributed by atoms with E-state index in [-0.39, 0.29) is 12.4 Å². The molecule has 0 aliphatic carbocycles. The van der Waals surface area contributed by atoms with E-state index < -0.39 is 10.1 Å². The SMILES string of the molecule is C=C.CCCOS(=O)(=O)CCC=S. The number of rotatable bonds is 6. The highest BCUT2D eigenvalue weighted by Gasteiger charge is 2.07. The van der Waals surface area contributed by atoms with E-state index in [0.29, 0.717) is 12.8 Å². The van der Waals surface area contributed by atoms with Gasteiger partial charge in [-0.15, -0.1) is 13.2 Å². The topological polar surface area (TPSA) is 43.4 Å². The Bertz CT molecular complexity index is 209. The van der Waals surface area contributed by atoms with Gasteiger partial charge in [0.2, 0.25) is 0 Å². The van der Waals surface area contributed by atoms with E-state index in [1.807, 2.05) is 6.92 Å². The van der Waals surface area contributed by atoms with Crippen molar-refractivity contribution in [3.8, 4) is 0 Å². The van der Waals surface area contributed by atoms with Crippen LogP contribution in [0.4, 0.5) is 0 Å². The quantitative estimate of drug-likeness (QED) is 0.393. The molecule has 0 bridgehead atoms. The van der Waals surface area contributed by atoms with E-state index in [2.05, 4.69) is 29.6 Å². The molecule has 13 heavy (non-hydrogen) atoms. The fraction of sp³-hybridized carbons (Fsp3) is 0.625. The molecule has 0 aliphatic heterocycles. The number of thiocarbonyl (C=S) groups is 1. The normalized spacial score (nSPS) is 9.92. The smallest absolute Gasteiger partial charge is 0.267 e. The van der Waals surface area contributed by atoms with Crippen LogP contribution in [0.3, 0.4) is 0 Å². The summed E-state index contributed by atoms with van der Waals surface area (Å²) in [6.45, 7) is 8.12. The molecule has 5 heteroatoms. The van der Waals surface area contributed by atoms with Crippen LogP contribution in [0.1, 0.15) is 19.8 Å². The third kappa shape index (κ3) is 11.7. The van der Waals surface area contributed by atoms with Crippen molar-refractivity contribution < 1.29 is 12.6 Å². The van der Waals surface area contributed by atoms with Crippen LogP contribution in [0.25, 0.3) is 0 Å². The highest BCUT2D eigenvalue weighted by Crippen LogP contribution is 1.96. The molecule has 3 nitrogen and oxygen atoms in total. The molecule has 0 heterocycles. The van der Waals surface area contributed by atoms with Crippen LogP contribution in [0.5, 0.6) is 0 Å². The Labute approximate surface area is 85.9 Å². The van der Waals surface area contributed by atoms with Crippen molar-refractivity contribution in [3.63, 3.8) is 0 Å². The van der Waals surface area contributed by atoms with Crippen molar-refractivity contribution in [2.75, 3.05) is 12.4 Å². The molecule has 0 aromatic carbocycles. The van der Waals surface area contributed by atoms with E-state index >= 15 is 0 Å². The Kier molecular flexibility index (Phi) is 11.5. The zero-order chi connectivity index (χ0) is 10.7. The standard InChI is InChI=1S/C6H12O3S2.C2H4/c1-2-4-9-11(7,8)6-3-5-10;1-2/h5H,2-4,6H2,1H3;1-2H2. The Morgan fingerprint density at radius 2 is 2.00 bits per heavy atom. The van der Waals surface area contributed by atoms with Crippen molar-refractivity contribution in [1.82, 2.24) is 0 Å². The second kappa shape index (κ2) is 9.83. The second-order valence-electron chi connectivity index (χ2n) is 2.04. The zero-order valence-electron chi connectivity index (χ0n) is 7.86. The first kappa shape index (κ1) is 15.2. The molecule has 0 amide bonds. The minimum Gasteiger partial charge on any atom is -0.270 e. The van der Waals surface area contributed by atoms with Gasteiger partial charge in [-0.1, -0.05) is 19.1 Å². The maximum Gasteiger partial charge on any atom is 0.267 e. The lowest BCUT2D eigenvalue weighted by Crippen LogP contribution is -2.11. The second-order valence-corrected chi connectivity index (χ2v) is 4.13. The average molecular weight is 224 g/mol. The van der Waals surface area contributed by atoms with E-state index in [9.17, 15) is 8.42 Å². The maximum atomic E-state index is 10.9. The van der Waals surface area contributed by atoms with Gasteiger partial charge in [-0.2, -0.15) is 8.42 Å². The lowest BCUT2D eigenvalue weighted by molar-refractivity contribution is 0.318. The number of hydrogen-bond donors (Lipinski definition) is 0. The minimum atomic E-state index is -3.30. The Balaban J connectivity index is 0.